The molecule has 2 N–H and O–H groups in total. The third-order valence-corrected chi connectivity index (χ3v) is 5.15. The van der Waals surface area contributed by atoms with Gasteiger partial charge < -0.3 is 4.42 Å². The van der Waals surface area contributed by atoms with Crippen LogP contribution in [0.3, 0.4) is 0 Å². The fourth-order valence-corrected chi connectivity index (χ4v) is 3.39. The van der Waals surface area contributed by atoms with E-state index >= 15 is 0 Å². The third kappa shape index (κ3) is 3.37. The normalized spacial score (nSPS) is 11.5. The molecule has 0 aliphatic heterocycles. The Morgan fingerprint density at radius 2 is 1.77 bits per heavy atom. The van der Waals surface area contributed by atoms with E-state index in [1.54, 1.807) is 19.1 Å². The molecule has 8 heteroatoms. The predicted molar refractivity (Wildman–Crippen MR) is 95.2 cm³/mol. The number of Topliss-reactive ketones (excluding diaryl/α,β-unsaturated/α-hetero) is 1. The Labute approximate surface area is 150 Å². The van der Waals surface area contributed by atoms with Gasteiger partial charge in [-0.15, -0.1) is 4.83 Å². The van der Waals surface area contributed by atoms with Gasteiger partial charge in [0.2, 0.25) is 0 Å². The molecule has 0 aliphatic rings. The maximum Gasteiger partial charge on any atom is 0.302 e. The maximum absolute atomic E-state index is 12.3. The van der Waals surface area contributed by atoms with E-state index in [0.29, 0.717) is 11.1 Å². The average Bonchev–Trinajstić information content (AvgIpc) is 2.97. The standard InChI is InChI=1S/C18H16N2O5S/c1-11-15-8-3-4-9-16(15)25-17(11)18(22)19-20-26(23,24)14-7-5-6-13(10-14)12(2)21/h3-10,20H,1-2H3,(H,19,22). The summed E-state index contributed by atoms with van der Waals surface area (Å²) in [7, 11) is -4.04. The molecule has 0 spiro atoms. The highest BCUT2D eigenvalue weighted by Gasteiger charge is 2.21. The number of amides is 1. The molecular weight excluding hydrogens is 356 g/mol. The van der Waals surface area contributed by atoms with E-state index in [0.717, 1.165) is 5.39 Å². The van der Waals surface area contributed by atoms with Crippen LogP contribution >= 0.6 is 0 Å². The van der Waals surface area contributed by atoms with Crippen molar-refractivity contribution in [3.8, 4) is 0 Å². The molecule has 3 rings (SSSR count). The lowest BCUT2D eigenvalue weighted by Gasteiger charge is -2.08. The molecule has 0 radical (unpaired) electrons. The van der Waals surface area contributed by atoms with Crippen LogP contribution in [0, 0.1) is 6.92 Å². The van der Waals surface area contributed by atoms with E-state index in [4.69, 9.17) is 4.42 Å². The van der Waals surface area contributed by atoms with Gasteiger partial charge in [0.25, 0.3) is 10.0 Å². The monoisotopic (exact) mass is 372 g/mol. The Morgan fingerprint density at radius 3 is 2.46 bits per heavy atom. The molecule has 1 heterocycles. The number of carbonyl (C=O) groups is 2. The number of aryl methyl sites for hydroxylation is 1. The Kier molecular flexibility index (Phi) is 4.62. The summed E-state index contributed by atoms with van der Waals surface area (Å²) < 4.78 is 30.2. The zero-order valence-electron chi connectivity index (χ0n) is 14.1. The summed E-state index contributed by atoms with van der Waals surface area (Å²) in [5.74, 6) is -0.958. The molecule has 1 aromatic heterocycles. The summed E-state index contributed by atoms with van der Waals surface area (Å²) in [5.41, 5.74) is 3.53. The number of carbonyl (C=O) groups excluding carboxylic acids is 2. The number of hydrogen-bond acceptors (Lipinski definition) is 5. The van der Waals surface area contributed by atoms with Crippen LogP contribution in [0.25, 0.3) is 11.0 Å². The minimum Gasteiger partial charge on any atom is -0.451 e. The molecule has 0 saturated carbocycles. The van der Waals surface area contributed by atoms with Crippen LogP contribution in [0.5, 0.6) is 0 Å². The molecule has 134 valence electrons. The van der Waals surface area contributed by atoms with E-state index in [-0.39, 0.29) is 22.0 Å². The van der Waals surface area contributed by atoms with E-state index in [2.05, 4.69) is 5.43 Å². The quantitative estimate of drug-likeness (QED) is 0.529. The van der Waals surface area contributed by atoms with Crippen molar-refractivity contribution in [3.05, 3.63) is 65.4 Å². The predicted octanol–water partition coefficient (Wildman–Crippen LogP) is 2.57. The first-order valence-corrected chi connectivity index (χ1v) is 9.19. The number of furan rings is 1. The number of fused-ring (bicyclic) bond motifs is 1. The number of para-hydroxylation sites is 1. The lowest BCUT2D eigenvalue weighted by Crippen LogP contribution is -2.41. The Hall–Kier alpha value is -2.97. The molecule has 0 fully saturated rings. The average molecular weight is 372 g/mol. The highest BCUT2D eigenvalue weighted by Crippen LogP contribution is 2.24. The molecule has 3 aromatic rings. The Bertz CT molecular complexity index is 1120. The van der Waals surface area contributed by atoms with Gasteiger partial charge in [-0.1, -0.05) is 30.3 Å². The fourth-order valence-electron chi connectivity index (χ4n) is 2.50. The minimum absolute atomic E-state index is 0.0198. The molecule has 0 saturated heterocycles. The smallest absolute Gasteiger partial charge is 0.302 e. The molecule has 26 heavy (non-hydrogen) atoms. The molecule has 0 bridgehead atoms. The summed E-state index contributed by atoms with van der Waals surface area (Å²) in [6, 6.07) is 12.7. The van der Waals surface area contributed by atoms with Crippen LogP contribution < -0.4 is 10.3 Å². The van der Waals surface area contributed by atoms with Gasteiger partial charge in [-0.25, -0.2) is 8.42 Å². The van der Waals surface area contributed by atoms with E-state index in [1.165, 1.54) is 31.2 Å². The number of hydrogen-bond donors (Lipinski definition) is 2. The molecular formula is C18H16N2O5S. The summed E-state index contributed by atoms with van der Waals surface area (Å²) in [6.45, 7) is 3.05. The first kappa shape index (κ1) is 17.8. The number of rotatable bonds is 5. The zero-order valence-corrected chi connectivity index (χ0v) is 14.9. The molecule has 2 aromatic carbocycles. The van der Waals surface area contributed by atoms with E-state index < -0.39 is 15.9 Å². The van der Waals surface area contributed by atoms with Gasteiger partial charge in [-0.3, -0.25) is 15.0 Å². The molecule has 1 amide bonds. The van der Waals surface area contributed by atoms with E-state index in [9.17, 15) is 18.0 Å². The molecule has 0 aliphatic carbocycles. The molecule has 7 nitrogen and oxygen atoms in total. The van der Waals surface area contributed by atoms with E-state index in [1.807, 2.05) is 17.0 Å². The van der Waals surface area contributed by atoms with Crippen molar-refractivity contribution in [2.45, 2.75) is 18.7 Å². The number of ketones is 1. The topological polar surface area (TPSA) is 105 Å². The summed E-state index contributed by atoms with van der Waals surface area (Å²) in [5, 5.41) is 0.773. The van der Waals surface area contributed by atoms with Crippen LogP contribution in [-0.4, -0.2) is 20.1 Å². The largest absolute Gasteiger partial charge is 0.451 e. The van der Waals surface area contributed by atoms with Crippen molar-refractivity contribution in [2.24, 2.45) is 0 Å². The Morgan fingerprint density at radius 1 is 1.04 bits per heavy atom. The van der Waals surface area contributed by atoms with Gasteiger partial charge in [0.15, 0.2) is 11.5 Å². The SMILES string of the molecule is CC(=O)c1cccc(S(=O)(=O)NNC(=O)c2oc3ccccc3c2C)c1. The van der Waals surface area contributed by atoms with Crippen LogP contribution in [0.1, 0.15) is 33.4 Å². The summed E-state index contributed by atoms with van der Waals surface area (Å²) in [6.07, 6.45) is 0. The van der Waals surface area contributed by atoms with Gasteiger partial charge in [-0.05, 0) is 32.0 Å². The molecule has 0 atom stereocenters. The van der Waals surface area contributed by atoms with Gasteiger partial charge in [-0.2, -0.15) is 0 Å². The fraction of sp³-hybridized carbons (Fsp3) is 0.111. The zero-order chi connectivity index (χ0) is 18.9. The lowest BCUT2D eigenvalue weighted by molar-refractivity contribution is 0.0918. The van der Waals surface area contributed by atoms with Crippen molar-refractivity contribution in [1.29, 1.82) is 0 Å². The summed E-state index contributed by atoms with van der Waals surface area (Å²) in [4.78, 5) is 25.6. The van der Waals surface area contributed by atoms with Crippen LogP contribution in [-0.2, 0) is 10.0 Å². The van der Waals surface area contributed by atoms with Crippen molar-refractivity contribution in [3.63, 3.8) is 0 Å². The van der Waals surface area contributed by atoms with Gasteiger partial charge >= 0.3 is 5.91 Å². The second kappa shape index (κ2) is 6.74. The van der Waals surface area contributed by atoms with Crippen LogP contribution in [0.2, 0.25) is 0 Å². The van der Waals surface area contributed by atoms with Crippen LogP contribution in [0.15, 0.2) is 57.8 Å². The van der Waals surface area contributed by atoms with Crippen molar-refractivity contribution in [1.82, 2.24) is 10.3 Å². The summed E-state index contributed by atoms with van der Waals surface area (Å²) >= 11 is 0. The first-order chi connectivity index (χ1) is 12.3. The lowest BCUT2D eigenvalue weighted by atomic mass is 10.1. The first-order valence-electron chi connectivity index (χ1n) is 7.71. The second-order valence-electron chi connectivity index (χ2n) is 5.70. The number of nitrogens with one attached hydrogen (secondary N) is 2. The van der Waals surface area contributed by atoms with Gasteiger partial charge in [0, 0.05) is 16.5 Å². The highest BCUT2D eigenvalue weighted by molar-refractivity contribution is 7.89. The second-order valence-corrected chi connectivity index (χ2v) is 7.38. The minimum atomic E-state index is -4.04. The molecule has 0 unspecified atom stereocenters. The van der Waals surface area contributed by atoms with Gasteiger partial charge in [0.05, 0.1) is 4.90 Å². The van der Waals surface area contributed by atoms with Crippen LogP contribution in [0.4, 0.5) is 0 Å². The van der Waals surface area contributed by atoms with Gasteiger partial charge in [0.1, 0.15) is 5.58 Å². The maximum atomic E-state index is 12.3. The number of hydrazine groups is 1. The number of benzene rings is 2. The van der Waals surface area contributed by atoms with Crippen molar-refractivity contribution in [2.75, 3.05) is 0 Å². The van der Waals surface area contributed by atoms with Crippen molar-refractivity contribution >= 4 is 32.7 Å². The highest BCUT2D eigenvalue weighted by atomic mass is 32.2. The number of sulfonamides is 1. The Balaban J connectivity index is 1.81. The third-order valence-electron chi connectivity index (χ3n) is 3.90. The van der Waals surface area contributed by atoms with Crippen molar-refractivity contribution < 1.29 is 22.4 Å².